The lowest BCUT2D eigenvalue weighted by atomic mass is 9.82. The summed E-state index contributed by atoms with van der Waals surface area (Å²) in [6, 6.07) is 0.591. The molecule has 0 saturated heterocycles. The first-order valence-electron chi connectivity index (χ1n) is 7.46. The van der Waals surface area contributed by atoms with Crippen molar-refractivity contribution in [3.63, 3.8) is 0 Å². The van der Waals surface area contributed by atoms with Crippen molar-refractivity contribution in [2.45, 2.75) is 71.9 Å². The van der Waals surface area contributed by atoms with Crippen molar-refractivity contribution in [2.24, 2.45) is 11.8 Å². The maximum absolute atomic E-state index is 6.03. The van der Waals surface area contributed by atoms with Crippen LogP contribution in [0.1, 0.15) is 59.8 Å². The first-order valence-corrected chi connectivity index (χ1v) is 7.46. The van der Waals surface area contributed by atoms with Crippen LogP contribution in [0.25, 0.3) is 0 Å². The lowest BCUT2D eigenvalue weighted by molar-refractivity contribution is -0.00218. The number of nitrogens with one attached hydrogen (secondary N) is 1. The monoisotopic (exact) mass is 241 g/mol. The minimum atomic E-state index is 0.520. The summed E-state index contributed by atoms with van der Waals surface area (Å²) in [7, 11) is 0. The van der Waals surface area contributed by atoms with Crippen LogP contribution >= 0.6 is 0 Å². The van der Waals surface area contributed by atoms with Gasteiger partial charge in [-0.25, -0.2) is 0 Å². The maximum atomic E-state index is 6.03. The molecule has 0 bridgehead atoms. The summed E-state index contributed by atoms with van der Waals surface area (Å²) in [4.78, 5) is 0. The molecule has 0 aromatic rings. The Morgan fingerprint density at radius 2 is 1.82 bits per heavy atom. The highest BCUT2D eigenvalue weighted by Crippen LogP contribution is 2.30. The molecule has 0 aromatic heterocycles. The summed E-state index contributed by atoms with van der Waals surface area (Å²) in [5.74, 6) is 1.69. The van der Waals surface area contributed by atoms with Gasteiger partial charge >= 0.3 is 0 Å². The second kappa shape index (κ2) is 8.10. The van der Waals surface area contributed by atoms with Crippen LogP contribution in [0.5, 0.6) is 0 Å². The van der Waals surface area contributed by atoms with Crippen molar-refractivity contribution in [3.8, 4) is 0 Å². The highest BCUT2D eigenvalue weighted by atomic mass is 16.5. The minimum Gasteiger partial charge on any atom is -0.378 e. The zero-order valence-corrected chi connectivity index (χ0v) is 12.2. The SMILES string of the molecule is CCCNC(C)CCOC1CC(C)CC(C)C1. The Morgan fingerprint density at radius 3 is 2.41 bits per heavy atom. The van der Waals surface area contributed by atoms with E-state index in [-0.39, 0.29) is 0 Å². The van der Waals surface area contributed by atoms with Crippen LogP contribution in [0.4, 0.5) is 0 Å². The zero-order valence-electron chi connectivity index (χ0n) is 12.2. The molecule has 17 heavy (non-hydrogen) atoms. The van der Waals surface area contributed by atoms with Gasteiger partial charge < -0.3 is 10.1 Å². The van der Waals surface area contributed by atoms with Crippen molar-refractivity contribution >= 4 is 0 Å². The highest BCUT2D eigenvalue weighted by Gasteiger charge is 2.24. The van der Waals surface area contributed by atoms with Crippen LogP contribution in [0.3, 0.4) is 0 Å². The van der Waals surface area contributed by atoms with Gasteiger partial charge in [0.2, 0.25) is 0 Å². The molecular weight excluding hydrogens is 210 g/mol. The Labute approximate surface area is 108 Å². The number of ether oxygens (including phenoxy) is 1. The molecule has 0 radical (unpaired) electrons. The second-order valence-corrected chi connectivity index (χ2v) is 6.05. The van der Waals surface area contributed by atoms with Crippen LogP contribution in [0, 0.1) is 11.8 Å². The molecule has 1 aliphatic rings. The van der Waals surface area contributed by atoms with Gasteiger partial charge in [0.15, 0.2) is 0 Å². The molecular formula is C15H31NO. The fourth-order valence-corrected chi connectivity index (χ4v) is 2.91. The Balaban J connectivity index is 2.09. The van der Waals surface area contributed by atoms with E-state index in [2.05, 4.69) is 33.0 Å². The normalized spacial score (nSPS) is 31.4. The van der Waals surface area contributed by atoms with Crippen molar-refractivity contribution in [2.75, 3.05) is 13.2 Å². The molecule has 1 N–H and O–H groups in total. The molecule has 1 rings (SSSR count). The van der Waals surface area contributed by atoms with Crippen molar-refractivity contribution in [1.82, 2.24) is 5.32 Å². The summed E-state index contributed by atoms with van der Waals surface area (Å²) in [5.41, 5.74) is 0. The van der Waals surface area contributed by atoms with E-state index in [1.807, 2.05) is 0 Å². The third kappa shape index (κ3) is 6.42. The Kier molecular flexibility index (Phi) is 7.14. The third-order valence-electron chi connectivity index (χ3n) is 3.78. The fraction of sp³-hybridized carbons (Fsp3) is 1.00. The summed E-state index contributed by atoms with van der Waals surface area (Å²) in [6.45, 7) is 11.2. The van der Waals surface area contributed by atoms with Gasteiger partial charge in [-0.15, -0.1) is 0 Å². The van der Waals surface area contributed by atoms with Crippen LogP contribution < -0.4 is 5.32 Å². The molecule has 2 heteroatoms. The molecule has 0 heterocycles. The molecule has 1 aliphatic carbocycles. The molecule has 3 unspecified atom stereocenters. The Morgan fingerprint density at radius 1 is 1.18 bits per heavy atom. The molecule has 1 saturated carbocycles. The number of hydrogen-bond acceptors (Lipinski definition) is 2. The van der Waals surface area contributed by atoms with Gasteiger partial charge in [0.25, 0.3) is 0 Å². The van der Waals surface area contributed by atoms with Crippen LogP contribution in [0.2, 0.25) is 0 Å². The summed E-state index contributed by atoms with van der Waals surface area (Å²) in [6.07, 6.45) is 6.78. The molecule has 3 atom stereocenters. The Hall–Kier alpha value is -0.0800. The smallest absolute Gasteiger partial charge is 0.0580 e. The van der Waals surface area contributed by atoms with E-state index < -0.39 is 0 Å². The van der Waals surface area contributed by atoms with Gasteiger partial charge in [-0.2, -0.15) is 0 Å². The molecule has 1 fully saturated rings. The summed E-state index contributed by atoms with van der Waals surface area (Å²) in [5, 5.41) is 3.51. The highest BCUT2D eigenvalue weighted by molar-refractivity contribution is 4.75. The number of rotatable bonds is 7. The van der Waals surface area contributed by atoms with E-state index in [0.29, 0.717) is 12.1 Å². The van der Waals surface area contributed by atoms with E-state index in [4.69, 9.17) is 4.74 Å². The average Bonchev–Trinajstić information content (AvgIpc) is 2.25. The molecule has 102 valence electrons. The molecule has 0 spiro atoms. The first kappa shape index (κ1) is 15.0. The molecule has 2 nitrogen and oxygen atoms in total. The van der Waals surface area contributed by atoms with Gasteiger partial charge in [0.05, 0.1) is 6.10 Å². The standard InChI is InChI=1S/C15H31NO/c1-5-7-16-14(4)6-8-17-15-10-12(2)9-13(3)11-15/h12-16H,5-11H2,1-4H3. The van der Waals surface area contributed by atoms with E-state index in [9.17, 15) is 0 Å². The molecule has 0 aliphatic heterocycles. The quantitative estimate of drug-likeness (QED) is 0.735. The van der Waals surface area contributed by atoms with Crippen molar-refractivity contribution < 1.29 is 4.74 Å². The van der Waals surface area contributed by atoms with Gasteiger partial charge in [-0.3, -0.25) is 0 Å². The molecule has 0 aromatic carbocycles. The predicted octanol–water partition coefficient (Wildman–Crippen LogP) is 3.61. The van der Waals surface area contributed by atoms with Crippen LogP contribution in [-0.4, -0.2) is 25.3 Å². The van der Waals surface area contributed by atoms with Gasteiger partial charge in [-0.1, -0.05) is 20.8 Å². The van der Waals surface area contributed by atoms with E-state index in [1.165, 1.54) is 25.7 Å². The summed E-state index contributed by atoms with van der Waals surface area (Å²) < 4.78 is 6.03. The van der Waals surface area contributed by atoms with Gasteiger partial charge in [0.1, 0.15) is 0 Å². The topological polar surface area (TPSA) is 21.3 Å². The van der Waals surface area contributed by atoms with E-state index in [0.717, 1.165) is 31.4 Å². The van der Waals surface area contributed by atoms with Crippen LogP contribution in [0.15, 0.2) is 0 Å². The molecule has 0 amide bonds. The lowest BCUT2D eigenvalue weighted by Crippen LogP contribution is -2.30. The van der Waals surface area contributed by atoms with Crippen molar-refractivity contribution in [1.29, 1.82) is 0 Å². The fourth-order valence-electron chi connectivity index (χ4n) is 2.91. The lowest BCUT2D eigenvalue weighted by Gasteiger charge is -2.31. The first-order chi connectivity index (χ1) is 8.11. The van der Waals surface area contributed by atoms with E-state index in [1.54, 1.807) is 0 Å². The summed E-state index contributed by atoms with van der Waals surface area (Å²) >= 11 is 0. The predicted molar refractivity (Wildman–Crippen MR) is 74.3 cm³/mol. The van der Waals surface area contributed by atoms with Gasteiger partial charge in [-0.05, 0) is 57.4 Å². The van der Waals surface area contributed by atoms with Crippen molar-refractivity contribution in [3.05, 3.63) is 0 Å². The van der Waals surface area contributed by atoms with Crippen LogP contribution in [-0.2, 0) is 4.74 Å². The third-order valence-corrected chi connectivity index (χ3v) is 3.78. The number of hydrogen-bond donors (Lipinski definition) is 1. The maximum Gasteiger partial charge on any atom is 0.0580 e. The Bertz CT molecular complexity index is 185. The second-order valence-electron chi connectivity index (χ2n) is 6.05. The largest absolute Gasteiger partial charge is 0.378 e. The average molecular weight is 241 g/mol. The zero-order chi connectivity index (χ0) is 12.7. The minimum absolute atomic E-state index is 0.520. The van der Waals surface area contributed by atoms with Gasteiger partial charge in [0, 0.05) is 12.6 Å². The van der Waals surface area contributed by atoms with E-state index >= 15 is 0 Å².